The quantitative estimate of drug-likeness (QED) is 0.611. The monoisotopic (exact) mass is 338 g/mol. The lowest BCUT2D eigenvalue weighted by molar-refractivity contribution is -0.165. The number of carbonyl (C=O) groups excluding carboxylic acids is 1. The number of allylic oxidation sites excluding steroid dienone is 4. The second-order valence-electron chi connectivity index (χ2n) is 8.36. The van der Waals surface area contributed by atoms with E-state index in [0.717, 1.165) is 17.6 Å². The Morgan fingerprint density at radius 2 is 1.80 bits per heavy atom. The molecule has 0 bridgehead atoms. The van der Waals surface area contributed by atoms with E-state index in [-0.39, 0.29) is 17.5 Å². The lowest BCUT2D eigenvalue weighted by Crippen LogP contribution is -2.39. The van der Waals surface area contributed by atoms with Gasteiger partial charge in [-0.2, -0.15) is 0 Å². The minimum Gasteiger partial charge on any atom is -0.457 e. The average molecular weight is 338 g/mol. The molecule has 0 radical (unpaired) electrons. The van der Waals surface area contributed by atoms with E-state index in [2.05, 4.69) is 46.1 Å². The molecular weight excluding hydrogens is 308 g/mol. The van der Waals surface area contributed by atoms with Gasteiger partial charge >= 0.3 is 5.97 Å². The fraction of sp³-hybridized carbons (Fsp3) is 0.435. The van der Waals surface area contributed by atoms with Gasteiger partial charge in [0.1, 0.15) is 6.10 Å². The highest BCUT2D eigenvalue weighted by atomic mass is 16.5. The zero-order valence-corrected chi connectivity index (χ0v) is 16.4. The van der Waals surface area contributed by atoms with Gasteiger partial charge in [0.25, 0.3) is 0 Å². The van der Waals surface area contributed by atoms with Crippen molar-refractivity contribution in [3.05, 3.63) is 65.8 Å². The number of carbonyl (C=O) groups is 1. The largest absolute Gasteiger partial charge is 0.457 e. The van der Waals surface area contributed by atoms with Crippen LogP contribution in [0.2, 0.25) is 0 Å². The van der Waals surface area contributed by atoms with E-state index in [4.69, 9.17) is 4.74 Å². The summed E-state index contributed by atoms with van der Waals surface area (Å²) in [4.78, 5) is 12.7. The molecule has 2 heteroatoms. The number of hydrogen-bond acceptors (Lipinski definition) is 2. The number of fused-ring (bicyclic) bond motifs is 1. The van der Waals surface area contributed by atoms with Gasteiger partial charge < -0.3 is 4.74 Å². The first-order chi connectivity index (χ1) is 11.5. The molecule has 25 heavy (non-hydrogen) atoms. The van der Waals surface area contributed by atoms with Crippen LogP contribution in [0.3, 0.4) is 0 Å². The van der Waals surface area contributed by atoms with Gasteiger partial charge in [-0.15, -0.1) is 0 Å². The molecular formula is C23H30O2. The van der Waals surface area contributed by atoms with E-state index >= 15 is 0 Å². The summed E-state index contributed by atoms with van der Waals surface area (Å²) in [5.74, 6) is -0.162. The molecule has 1 aromatic rings. The molecule has 0 fully saturated rings. The van der Waals surface area contributed by atoms with Gasteiger partial charge in [-0.05, 0) is 60.4 Å². The number of hydrogen-bond donors (Lipinski definition) is 0. The summed E-state index contributed by atoms with van der Waals surface area (Å²) in [6.07, 6.45) is 4.35. The Kier molecular flexibility index (Phi) is 5.13. The second kappa shape index (κ2) is 6.67. The zero-order chi connectivity index (χ0) is 19.0. The van der Waals surface area contributed by atoms with Crippen molar-refractivity contribution in [2.45, 2.75) is 54.1 Å². The minimum absolute atomic E-state index is 0.162. The van der Waals surface area contributed by atoms with Crippen LogP contribution in [0.25, 0.3) is 5.57 Å². The summed E-state index contributed by atoms with van der Waals surface area (Å²) in [5, 5.41) is 0. The predicted octanol–water partition coefficient (Wildman–Crippen LogP) is 6.04. The summed E-state index contributed by atoms with van der Waals surface area (Å²) in [6, 6.07) is 6.27. The van der Waals surface area contributed by atoms with E-state index in [0.29, 0.717) is 0 Å². The molecule has 1 atom stereocenters. The van der Waals surface area contributed by atoms with Crippen LogP contribution in [0.15, 0.2) is 49.1 Å². The standard InChI is InChI=1S/C23H30O2/c1-9-16-13-18-14-17(11-12-20(18)19(16)10-2)15(3)25-21(24)23(7,8)22(4,5)6/h9-12,14-15H,1-2,13H2,3-8H3. The van der Waals surface area contributed by atoms with Crippen molar-refractivity contribution in [3.8, 4) is 0 Å². The predicted molar refractivity (Wildman–Crippen MR) is 105 cm³/mol. The van der Waals surface area contributed by atoms with Gasteiger partial charge in [0.05, 0.1) is 5.41 Å². The molecule has 1 aliphatic carbocycles. The number of benzene rings is 1. The molecule has 1 unspecified atom stereocenters. The highest BCUT2D eigenvalue weighted by Crippen LogP contribution is 2.40. The maximum Gasteiger partial charge on any atom is 0.312 e. The van der Waals surface area contributed by atoms with Crippen LogP contribution in [-0.2, 0) is 16.0 Å². The SMILES string of the molecule is C=CC1=C(C=C)c2ccc(C(C)OC(=O)C(C)(C)C(C)(C)C)cc2C1. The molecule has 0 aromatic heterocycles. The van der Waals surface area contributed by atoms with Crippen LogP contribution in [0.1, 0.15) is 64.3 Å². The van der Waals surface area contributed by atoms with Gasteiger partial charge in [-0.25, -0.2) is 0 Å². The Hall–Kier alpha value is -2.09. The van der Waals surface area contributed by atoms with Crippen molar-refractivity contribution in [3.63, 3.8) is 0 Å². The summed E-state index contributed by atoms with van der Waals surface area (Å²) in [5.41, 5.74) is 5.08. The lowest BCUT2D eigenvalue weighted by atomic mass is 9.69. The highest BCUT2D eigenvalue weighted by molar-refractivity contribution is 5.84. The molecule has 134 valence electrons. The van der Waals surface area contributed by atoms with Gasteiger partial charge in [-0.3, -0.25) is 4.79 Å². The maximum atomic E-state index is 12.7. The summed E-state index contributed by atoms with van der Waals surface area (Å²) in [7, 11) is 0. The molecule has 0 saturated heterocycles. The fourth-order valence-electron chi connectivity index (χ4n) is 2.85. The first kappa shape index (κ1) is 19.2. The molecule has 0 heterocycles. The van der Waals surface area contributed by atoms with Gasteiger partial charge in [0.15, 0.2) is 0 Å². The first-order valence-electron chi connectivity index (χ1n) is 8.85. The third-order valence-corrected chi connectivity index (χ3v) is 5.74. The van der Waals surface area contributed by atoms with E-state index in [1.807, 2.05) is 39.0 Å². The van der Waals surface area contributed by atoms with E-state index in [1.54, 1.807) is 0 Å². The molecule has 0 saturated carbocycles. The third kappa shape index (κ3) is 3.49. The third-order valence-electron chi connectivity index (χ3n) is 5.74. The Balaban J connectivity index is 2.22. The number of rotatable bonds is 5. The van der Waals surface area contributed by atoms with Crippen LogP contribution < -0.4 is 0 Å². The molecule has 1 aromatic carbocycles. The maximum absolute atomic E-state index is 12.7. The number of esters is 1. The molecule has 0 amide bonds. The first-order valence-corrected chi connectivity index (χ1v) is 8.85. The highest BCUT2D eigenvalue weighted by Gasteiger charge is 2.41. The molecule has 0 aliphatic heterocycles. The average Bonchev–Trinajstić information content (AvgIpc) is 2.90. The van der Waals surface area contributed by atoms with E-state index in [1.165, 1.54) is 16.7 Å². The van der Waals surface area contributed by atoms with Crippen LogP contribution in [0.5, 0.6) is 0 Å². The van der Waals surface area contributed by atoms with Crippen molar-refractivity contribution in [2.75, 3.05) is 0 Å². The smallest absolute Gasteiger partial charge is 0.312 e. The molecule has 1 aliphatic rings. The Morgan fingerprint density at radius 3 is 2.32 bits per heavy atom. The van der Waals surface area contributed by atoms with E-state index < -0.39 is 5.41 Å². The van der Waals surface area contributed by atoms with Gasteiger partial charge in [-0.1, -0.05) is 64.3 Å². The molecule has 0 spiro atoms. The summed E-state index contributed by atoms with van der Waals surface area (Å²) < 4.78 is 5.80. The van der Waals surface area contributed by atoms with Crippen LogP contribution in [0, 0.1) is 10.8 Å². The van der Waals surface area contributed by atoms with Crippen molar-refractivity contribution in [1.29, 1.82) is 0 Å². The Bertz CT molecular complexity index is 742. The Labute approximate surface area is 152 Å². The van der Waals surface area contributed by atoms with Crippen LogP contribution >= 0.6 is 0 Å². The lowest BCUT2D eigenvalue weighted by Gasteiger charge is -2.37. The number of ether oxygens (including phenoxy) is 1. The van der Waals surface area contributed by atoms with Crippen molar-refractivity contribution in [1.82, 2.24) is 0 Å². The summed E-state index contributed by atoms with van der Waals surface area (Å²) in [6.45, 7) is 19.8. The fourth-order valence-corrected chi connectivity index (χ4v) is 2.85. The van der Waals surface area contributed by atoms with Crippen molar-refractivity contribution in [2.24, 2.45) is 10.8 Å². The summed E-state index contributed by atoms with van der Waals surface area (Å²) >= 11 is 0. The van der Waals surface area contributed by atoms with Gasteiger partial charge in [0, 0.05) is 0 Å². The minimum atomic E-state index is -0.550. The molecule has 2 nitrogen and oxygen atoms in total. The van der Waals surface area contributed by atoms with Crippen molar-refractivity contribution >= 4 is 11.5 Å². The zero-order valence-electron chi connectivity index (χ0n) is 16.4. The van der Waals surface area contributed by atoms with E-state index in [9.17, 15) is 4.79 Å². The second-order valence-corrected chi connectivity index (χ2v) is 8.36. The van der Waals surface area contributed by atoms with Crippen LogP contribution in [-0.4, -0.2) is 5.97 Å². The Morgan fingerprint density at radius 1 is 1.16 bits per heavy atom. The molecule has 0 N–H and O–H groups in total. The topological polar surface area (TPSA) is 26.3 Å². The van der Waals surface area contributed by atoms with Gasteiger partial charge in [0.2, 0.25) is 0 Å². The normalized spacial score (nSPS) is 15.6. The van der Waals surface area contributed by atoms with Crippen LogP contribution in [0.4, 0.5) is 0 Å². The van der Waals surface area contributed by atoms with Crippen molar-refractivity contribution < 1.29 is 9.53 Å². The molecule has 2 rings (SSSR count).